The minimum absolute atomic E-state index is 0.0499. The third-order valence-electron chi connectivity index (χ3n) is 7.71. The second-order valence-corrected chi connectivity index (χ2v) is 10.4. The van der Waals surface area contributed by atoms with Gasteiger partial charge in [0.25, 0.3) is 0 Å². The van der Waals surface area contributed by atoms with Gasteiger partial charge in [-0.3, -0.25) is 4.90 Å². The third kappa shape index (κ3) is 5.85. The van der Waals surface area contributed by atoms with E-state index in [2.05, 4.69) is 46.4 Å². The summed E-state index contributed by atoms with van der Waals surface area (Å²) in [7, 11) is 0. The number of piperidine rings is 1. The van der Waals surface area contributed by atoms with Gasteiger partial charge in [-0.05, 0) is 49.8 Å². The van der Waals surface area contributed by atoms with Crippen LogP contribution >= 0.6 is 0 Å². The summed E-state index contributed by atoms with van der Waals surface area (Å²) in [4.78, 5) is 14.8. The van der Waals surface area contributed by atoms with E-state index in [1.165, 1.54) is 43.2 Å². The number of aromatic nitrogens is 3. The Morgan fingerprint density at radius 3 is 2.56 bits per heavy atom. The summed E-state index contributed by atoms with van der Waals surface area (Å²) in [6, 6.07) is 17.6. The van der Waals surface area contributed by atoms with Crippen LogP contribution < -0.4 is 0 Å². The van der Waals surface area contributed by atoms with Crippen molar-refractivity contribution >= 4 is 5.97 Å². The number of aliphatic hydroxyl groups excluding tert-OH is 1. The number of carbonyl (C=O) groups excluding carboxylic acids is 1. The summed E-state index contributed by atoms with van der Waals surface area (Å²) in [5, 5.41) is 19.8. The highest BCUT2D eigenvalue weighted by Gasteiger charge is 2.38. The number of rotatable bonds is 7. The Labute approximate surface area is 213 Å². The number of aryl methyl sites for hydroxylation is 1. The van der Waals surface area contributed by atoms with Gasteiger partial charge in [0.1, 0.15) is 12.3 Å². The molecule has 0 amide bonds. The average molecular weight is 489 g/mol. The first-order chi connectivity index (χ1) is 17.6. The molecule has 1 N–H and O–H groups in total. The van der Waals surface area contributed by atoms with Crippen LogP contribution in [0.5, 0.6) is 0 Å². The first-order valence-corrected chi connectivity index (χ1v) is 13.2. The average Bonchev–Trinajstić information content (AvgIpc) is 3.38. The van der Waals surface area contributed by atoms with Gasteiger partial charge in [0.2, 0.25) is 0 Å². The van der Waals surface area contributed by atoms with E-state index in [4.69, 9.17) is 4.74 Å². The zero-order chi connectivity index (χ0) is 24.9. The van der Waals surface area contributed by atoms with Gasteiger partial charge in [-0.15, -0.1) is 5.10 Å². The van der Waals surface area contributed by atoms with Crippen molar-refractivity contribution in [2.24, 2.45) is 5.92 Å². The summed E-state index contributed by atoms with van der Waals surface area (Å²) in [6.07, 6.45) is 8.45. The largest absolute Gasteiger partial charge is 0.455 e. The standard InChI is InChI=1S/C29H36N4O3/c1-21-12-14-23(15-13-21)26-16-28(34)27(19-32(26)17-22-8-4-2-5-9-22)33-18-25(30-31-33)20-36-29(35)24-10-6-3-7-11-24/h3,6-7,10-15,18,22,26-28,34H,2,4-5,8-9,16-17,19-20H2,1H3/t26-,27+,28+/m1/s1. The molecule has 3 aromatic rings. The highest BCUT2D eigenvalue weighted by molar-refractivity contribution is 5.89. The van der Waals surface area contributed by atoms with Gasteiger partial charge in [0.05, 0.1) is 23.9 Å². The third-order valence-corrected chi connectivity index (χ3v) is 7.71. The van der Waals surface area contributed by atoms with Crippen molar-refractivity contribution in [2.75, 3.05) is 13.1 Å². The Hall–Kier alpha value is -3.03. The van der Waals surface area contributed by atoms with Crippen LogP contribution in [0.15, 0.2) is 60.8 Å². The molecule has 0 bridgehead atoms. The van der Waals surface area contributed by atoms with Crippen LogP contribution in [0.1, 0.15) is 77.8 Å². The van der Waals surface area contributed by atoms with Crippen molar-refractivity contribution in [3.05, 3.63) is 83.2 Å². The lowest BCUT2D eigenvalue weighted by atomic mass is 9.85. The molecule has 1 aliphatic carbocycles. The first-order valence-electron chi connectivity index (χ1n) is 13.2. The predicted molar refractivity (Wildman–Crippen MR) is 137 cm³/mol. The molecule has 2 heterocycles. The highest BCUT2D eigenvalue weighted by atomic mass is 16.5. The lowest BCUT2D eigenvalue weighted by Gasteiger charge is -2.44. The second kappa shape index (κ2) is 11.4. The SMILES string of the molecule is Cc1ccc([C@H]2C[C@H](O)[C@@H](n3cc(COC(=O)c4ccccc4)nn3)CN2CC2CCCCC2)cc1. The van der Waals surface area contributed by atoms with E-state index in [9.17, 15) is 9.90 Å². The number of ether oxygens (including phenoxy) is 1. The molecular formula is C29H36N4O3. The predicted octanol–water partition coefficient (Wildman–Crippen LogP) is 4.87. The zero-order valence-electron chi connectivity index (χ0n) is 21.0. The monoisotopic (exact) mass is 488 g/mol. The number of likely N-dealkylation sites (tertiary alicyclic amines) is 1. The maximum Gasteiger partial charge on any atom is 0.338 e. The minimum atomic E-state index is -0.541. The van der Waals surface area contributed by atoms with E-state index in [1.54, 1.807) is 35.1 Å². The molecule has 7 nitrogen and oxygen atoms in total. The number of benzene rings is 2. The van der Waals surface area contributed by atoms with E-state index in [1.807, 2.05) is 6.07 Å². The van der Waals surface area contributed by atoms with Crippen molar-refractivity contribution in [1.82, 2.24) is 19.9 Å². The van der Waals surface area contributed by atoms with E-state index in [0.717, 1.165) is 6.54 Å². The van der Waals surface area contributed by atoms with Crippen molar-refractivity contribution in [3.8, 4) is 0 Å². The number of nitrogens with zero attached hydrogens (tertiary/aromatic N) is 4. The molecule has 190 valence electrons. The maximum absolute atomic E-state index is 12.3. The lowest BCUT2D eigenvalue weighted by molar-refractivity contribution is -0.0154. The first kappa shape index (κ1) is 24.7. The fourth-order valence-electron chi connectivity index (χ4n) is 5.66. The van der Waals surface area contributed by atoms with E-state index < -0.39 is 6.10 Å². The molecule has 3 atom stereocenters. The molecule has 36 heavy (non-hydrogen) atoms. The molecular weight excluding hydrogens is 452 g/mol. The van der Waals surface area contributed by atoms with Gasteiger partial charge >= 0.3 is 5.97 Å². The molecule has 0 unspecified atom stereocenters. The Kier molecular flexibility index (Phi) is 7.78. The van der Waals surface area contributed by atoms with Gasteiger partial charge in [-0.2, -0.15) is 0 Å². The molecule has 0 spiro atoms. The Morgan fingerprint density at radius 1 is 1.06 bits per heavy atom. The van der Waals surface area contributed by atoms with E-state index in [0.29, 0.717) is 30.1 Å². The van der Waals surface area contributed by atoms with Crippen LogP contribution in [-0.4, -0.2) is 50.2 Å². The number of hydrogen-bond acceptors (Lipinski definition) is 6. The van der Waals surface area contributed by atoms with Gasteiger partial charge < -0.3 is 9.84 Å². The quantitative estimate of drug-likeness (QED) is 0.478. The summed E-state index contributed by atoms with van der Waals surface area (Å²) < 4.78 is 7.18. The van der Waals surface area contributed by atoms with Crippen LogP contribution in [0.4, 0.5) is 0 Å². The molecule has 0 radical (unpaired) electrons. The second-order valence-electron chi connectivity index (χ2n) is 10.4. The minimum Gasteiger partial charge on any atom is -0.455 e. The molecule has 1 saturated heterocycles. The molecule has 1 aromatic heterocycles. The smallest absolute Gasteiger partial charge is 0.338 e. The Bertz CT molecular complexity index is 1120. The molecule has 5 rings (SSSR count). The van der Waals surface area contributed by atoms with Crippen molar-refractivity contribution in [2.45, 2.75) is 70.2 Å². The van der Waals surface area contributed by atoms with Gasteiger partial charge in [-0.25, -0.2) is 9.48 Å². The van der Waals surface area contributed by atoms with Crippen LogP contribution in [-0.2, 0) is 11.3 Å². The summed E-state index contributed by atoms with van der Waals surface area (Å²) in [6.45, 7) is 3.91. The number of hydrogen-bond donors (Lipinski definition) is 1. The normalized spacial score (nSPS) is 23.4. The summed E-state index contributed by atoms with van der Waals surface area (Å²) in [5.74, 6) is 0.314. The number of aliphatic hydroxyl groups is 1. The van der Waals surface area contributed by atoms with Crippen molar-refractivity contribution < 1.29 is 14.6 Å². The Balaban J connectivity index is 1.29. The fourth-order valence-corrected chi connectivity index (χ4v) is 5.66. The summed E-state index contributed by atoms with van der Waals surface area (Å²) in [5.41, 5.74) is 3.59. The molecule has 1 saturated carbocycles. The number of carbonyl (C=O) groups is 1. The van der Waals surface area contributed by atoms with Gasteiger partial charge in [-0.1, -0.05) is 72.5 Å². The van der Waals surface area contributed by atoms with Crippen LogP contribution in [0.2, 0.25) is 0 Å². The number of esters is 1. The van der Waals surface area contributed by atoms with Crippen molar-refractivity contribution in [1.29, 1.82) is 0 Å². The molecule has 2 aromatic carbocycles. The fraction of sp³-hybridized carbons (Fsp3) is 0.483. The molecule has 7 heteroatoms. The van der Waals surface area contributed by atoms with Crippen LogP contribution in [0, 0.1) is 12.8 Å². The summed E-state index contributed by atoms with van der Waals surface area (Å²) >= 11 is 0. The Morgan fingerprint density at radius 2 is 1.81 bits per heavy atom. The molecule has 1 aliphatic heterocycles. The zero-order valence-corrected chi connectivity index (χ0v) is 21.0. The van der Waals surface area contributed by atoms with Crippen LogP contribution in [0.25, 0.3) is 0 Å². The molecule has 2 aliphatic rings. The van der Waals surface area contributed by atoms with Gasteiger partial charge in [0.15, 0.2) is 0 Å². The van der Waals surface area contributed by atoms with Crippen molar-refractivity contribution in [3.63, 3.8) is 0 Å². The van der Waals surface area contributed by atoms with E-state index in [-0.39, 0.29) is 24.7 Å². The lowest BCUT2D eigenvalue weighted by Crippen LogP contribution is -2.47. The molecule has 2 fully saturated rings. The van der Waals surface area contributed by atoms with Crippen LogP contribution in [0.3, 0.4) is 0 Å². The topological polar surface area (TPSA) is 80.5 Å². The highest BCUT2D eigenvalue weighted by Crippen LogP contribution is 2.37. The maximum atomic E-state index is 12.3. The van der Waals surface area contributed by atoms with E-state index >= 15 is 0 Å². The van der Waals surface area contributed by atoms with Gasteiger partial charge in [0, 0.05) is 19.1 Å².